The molecule has 1 heterocycles. The summed E-state index contributed by atoms with van der Waals surface area (Å²) in [6, 6.07) is 9.33. The van der Waals surface area contributed by atoms with Gasteiger partial charge in [-0.1, -0.05) is 90.5 Å². The first-order valence-corrected chi connectivity index (χ1v) is 14.6. The smallest absolute Gasteiger partial charge is 0.136 e. The maximum atomic E-state index is 14.8. The largest absolute Gasteiger partial charge is 0.493 e. The molecule has 1 aliphatic rings. The van der Waals surface area contributed by atoms with Crippen molar-refractivity contribution in [2.24, 2.45) is 5.92 Å². The number of pyridine rings is 1. The lowest BCUT2D eigenvalue weighted by Crippen LogP contribution is -2.13. The van der Waals surface area contributed by atoms with Crippen LogP contribution in [0.5, 0.6) is 5.75 Å². The normalized spacial score (nSPS) is 18.0. The minimum Gasteiger partial charge on any atom is -0.493 e. The molecule has 0 N–H and O–H groups in total. The van der Waals surface area contributed by atoms with E-state index in [-0.39, 0.29) is 5.82 Å². The zero-order valence-electron chi connectivity index (χ0n) is 22.4. The number of aromatic nitrogens is 1. The molecule has 0 saturated heterocycles. The molecule has 0 radical (unpaired) electrons. The van der Waals surface area contributed by atoms with Crippen LogP contribution in [0.1, 0.15) is 128 Å². The van der Waals surface area contributed by atoms with E-state index in [1.807, 2.05) is 18.3 Å². The fourth-order valence-electron chi connectivity index (χ4n) is 5.49. The second-order valence-electron chi connectivity index (χ2n) is 10.7. The lowest BCUT2D eigenvalue weighted by atomic mass is 9.77. The molecule has 1 saturated carbocycles. The number of hydrogen-bond donors (Lipinski definition) is 0. The Morgan fingerprint density at radius 2 is 1.49 bits per heavy atom. The minimum absolute atomic E-state index is 0.260. The molecule has 3 rings (SSSR count). The van der Waals surface area contributed by atoms with E-state index in [0.717, 1.165) is 12.3 Å². The number of hydrogen-bond acceptors (Lipinski definition) is 2. The van der Waals surface area contributed by atoms with E-state index in [4.69, 9.17) is 4.74 Å². The van der Waals surface area contributed by atoms with Crippen LogP contribution in [0.25, 0.3) is 11.3 Å². The molecule has 0 bridgehead atoms. The third kappa shape index (κ3) is 9.58. The van der Waals surface area contributed by atoms with Gasteiger partial charge in [-0.05, 0) is 67.7 Å². The summed E-state index contributed by atoms with van der Waals surface area (Å²) in [5, 5.41) is 0. The summed E-state index contributed by atoms with van der Waals surface area (Å²) < 4.78 is 20.5. The number of benzene rings is 1. The van der Waals surface area contributed by atoms with E-state index in [9.17, 15) is 4.39 Å². The van der Waals surface area contributed by atoms with Crippen molar-refractivity contribution >= 4 is 0 Å². The predicted molar refractivity (Wildman–Crippen MR) is 147 cm³/mol. The summed E-state index contributed by atoms with van der Waals surface area (Å²) in [6.07, 6.45) is 22.9. The molecule has 2 aromatic rings. The van der Waals surface area contributed by atoms with E-state index >= 15 is 0 Å². The topological polar surface area (TPSA) is 22.1 Å². The maximum absolute atomic E-state index is 14.8. The number of ether oxygens (including phenoxy) is 1. The van der Waals surface area contributed by atoms with Gasteiger partial charge in [-0.3, -0.25) is 4.98 Å². The molecule has 1 fully saturated rings. The Kier molecular flexibility index (Phi) is 12.6. The van der Waals surface area contributed by atoms with Crippen LogP contribution in [-0.4, -0.2) is 11.6 Å². The van der Waals surface area contributed by atoms with Crippen LogP contribution in [0.15, 0.2) is 36.5 Å². The second kappa shape index (κ2) is 16.0. The van der Waals surface area contributed by atoms with Gasteiger partial charge in [-0.2, -0.15) is 0 Å². The molecule has 0 spiro atoms. The van der Waals surface area contributed by atoms with Gasteiger partial charge < -0.3 is 4.74 Å². The Bertz CT molecular complexity index is 826. The molecule has 194 valence electrons. The van der Waals surface area contributed by atoms with Gasteiger partial charge in [-0.25, -0.2) is 4.39 Å². The molecular weight excluding hydrogens is 433 g/mol. The van der Waals surface area contributed by atoms with Gasteiger partial charge in [-0.15, -0.1) is 0 Å². The van der Waals surface area contributed by atoms with Gasteiger partial charge >= 0.3 is 0 Å². The van der Waals surface area contributed by atoms with Gasteiger partial charge in [0, 0.05) is 17.8 Å². The van der Waals surface area contributed by atoms with E-state index in [0.29, 0.717) is 29.5 Å². The summed E-state index contributed by atoms with van der Waals surface area (Å²) in [6.45, 7) is 5.15. The fourth-order valence-corrected chi connectivity index (χ4v) is 5.49. The molecule has 1 aromatic heterocycles. The van der Waals surface area contributed by atoms with Crippen molar-refractivity contribution in [2.45, 2.75) is 122 Å². The number of nitrogens with zero attached hydrogens (tertiary/aromatic N) is 1. The summed E-state index contributed by atoms with van der Waals surface area (Å²) in [4.78, 5) is 4.64. The highest BCUT2D eigenvalue weighted by Crippen LogP contribution is 2.38. The molecule has 35 heavy (non-hydrogen) atoms. The summed E-state index contributed by atoms with van der Waals surface area (Å²) in [5.74, 6) is 1.87. The third-order valence-electron chi connectivity index (χ3n) is 7.80. The van der Waals surface area contributed by atoms with Crippen LogP contribution in [-0.2, 0) is 0 Å². The highest BCUT2D eigenvalue weighted by atomic mass is 19.1. The van der Waals surface area contributed by atoms with E-state index < -0.39 is 0 Å². The highest BCUT2D eigenvalue weighted by Gasteiger charge is 2.22. The van der Waals surface area contributed by atoms with Crippen molar-refractivity contribution in [1.82, 2.24) is 4.98 Å². The van der Waals surface area contributed by atoms with Crippen LogP contribution in [0.4, 0.5) is 4.39 Å². The Labute approximate surface area is 214 Å². The van der Waals surface area contributed by atoms with Crippen molar-refractivity contribution in [3.8, 4) is 17.0 Å². The van der Waals surface area contributed by atoms with Crippen LogP contribution in [0.2, 0.25) is 0 Å². The van der Waals surface area contributed by atoms with E-state index in [1.165, 1.54) is 108 Å². The van der Waals surface area contributed by atoms with Gasteiger partial charge in [0.1, 0.15) is 11.6 Å². The standard InChI is InChI=1S/C32H48FNO/c1-3-5-7-9-10-12-14-26-15-17-27(18-16-26)28-19-22-32(34-25-28)30-21-20-29(24-31(30)33)35-23-13-11-8-6-4-2/h19-22,24-27H,3-18,23H2,1-2H3/t26-,27-. The Morgan fingerprint density at radius 1 is 0.800 bits per heavy atom. The van der Waals surface area contributed by atoms with E-state index in [1.54, 1.807) is 6.07 Å². The van der Waals surface area contributed by atoms with Gasteiger partial charge in [0.05, 0.1) is 12.3 Å². The van der Waals surface area contributed by atoms with Gasteiger partial charge in [0.2, 0.25) is 0 Å². The molecule has 1 aliphatic carbocycles. The zero-order chi connectivity index (χ0) is 24.7. The lowest BCUT2D eigenvalue weighted by molar-refractivity contribution is 0.301. The lowest BCUT2D eigenvalue weighted by Gasteiger charge is -2.28. The summed E-state index contributed by atoms with van der Waals surface area (Å²) >= 11 is 0. The van der Waals surface area contributed by atoms with Crippen LogP contribution >= 0.6 is 0 Å². The maximum Gasteiger partial charge on any atom is 0.136 e. The molecule has 3 heteroatoms. The third-order valence-corrected chi connectivity index (χ3v) is 7.80. The average Bonchev–Trinajstić information content (AvgIpc) is 2.89. The molecule has 0 unspecified atom stereocenters. The van der Waals surface area contributed by atoms with E-state index in [2.05, 4.69) is 24.9 Å². The quantitative estimate of drug-likeness (QED) is 0.222. The molecular formula is C32H48FNO. The number of halogens is 1. The number of rotatable bonds is 16. The van der Waals surface area contributed by atoms with Gasteiger partial charge in [0.15, 0.2) is 0 Å². The van der Waals surface area contributed by atoms with Crippen LogP contribution in [0, 0.1) is 11.7 Å². The van der Waals surface area contributed by atoms with Crippen molar-refractivity contribution in [3.05, 3.63) is 47.9 Å². The first-order valence-electron chi connectivity index (χ1n) is 14.6. The Morgan fingerprint density at radius 3 is 2.14 bits per heavy atom. The zero-order valence-corrected chi connectivity index (χ0v) is 22.4. The Balaban J connectivity index is 1.42. The second-order valence-corrected chi connectivity index (χ2v) is 10.7. The summed E-state index contributed by atoms with van der Waals surface area (Å²) in [7, 11) is 0. The molecule has 0 atom stereocenters. The highest BCUT2D eigenvalue weighted by molar-refractivity contribution is 5.61. The fraction of sp³-hybridized carbons (Fsp3) is 0.656. The number of unbranched alkanes of at least 4 members (excludes halogenated alkanes) is 9. The molecule has 0 amide bonds. The molecule has 1 aromatic carbocycles. The first-order chi connectivity index (χ1) is 17.2. The predicted octanol–water partition coefficient (Wildman–Crippen LogP) is 10.3. The monoisotopic (exact) mass is 481 g/mol. The molecule has 0 aliphatic heterocycles. The molecule has 2 nitrogen and oxygen atoms in total. The van der Waals surface area contributed by atoms with Crippen molar-refractivity contribution < 1.29 is 9.13 Å². The average molecular weight is 482 g/mol. The van der Waals surface area contributed by atoms with Crippen LogP contribution < -0.4 is 4.74 Å². The Hall–Kier alpha value is -1.90. The van der Waals surface area contributed by atoms with Crippen molar-refractivity contribution in [3.63, 3.8) is 0 Å². The first kappa shape index (κ1) is 27.7. The summed E-state index contributed by atoms with van der Waals surface area (Å²) in [5.41, 5.74) is 2.57. The SMILES string of the molecule is CCCCCCCC[C@H]1CC[C@H](c2ccc(-c3ccc(OCCCCCCC)cc3F)nc2)CC1. The van der Waals surface area contributed by atoms with Crippen molar-refractivity contribution in [1.29, 1.82) is 0 Å². The minimum atomic E-state index is -0.260. The van der Waals surface area contributed by atoms with Crippen LogP contribution in [0.3, 0.4) is 0 Å². The van der Waals surface area contributed by atoms with Crippen molar-refractivity contribution in [2.75, 3.05) is 6.61 Å². The van der Waals surface area contributed by atoms with Gasteiger partial charge in [0.25, 0.3) is 0 Å².